The second-order valence-electron chi connectivity index (χ2n) is 5.64. The molecule has 0 atom stereocenters. The topological polar surface area (TPSA) is 46.1 Å². The van der Waals surface area contributed by atoms with Crippen molar-refractivity contribution < 1.29 is 14.5 Å². The fraction of sp³-hybridized carbons (Fsp3) is 0.750. The van der Waals surface area contributed by atoms with Crippen LogP contribution in [0.15, 0.2) is 6.20 Å². The lowest BCUT2D eigenvalue weighted by atomic mass is 10.1. The van der Waals surface area contributed by atoms with E-state index in [-0.39, 0.29) is 6.54 Å². The van der Waals surface area contributed by atoms with Crippen LogP contribution in [-0.2, 0) is 24.8 Å². The Kier molecular flexibility index (Phi) is 7.34. The third-order valence-electron chi connectivity index (χ3n) is 3.90. The Morgan fingerprint density at radius 2 is 1.80 bits per heavy atom. The monoisotopic (exact) mass is 281 g/mol. The van der Waals surface area contributed by atoms with Crippen molar-refractivity contribution in [2.24, 2.45) is 7.05 Å². The van der Waals surface area contributed by atoms with Crippen LogP contribution in [0.1, 0.15) is 63.4 Å². The first-order valence-electron chi connectivity index (χ1n) is 7.82. The van der Waals surface area contributed by atoms with Crippen molar-refractivity contribution in [3.63, 3.8) is 0 Å². The second kappa shape index (κ2) is 8.77. The summed E-state index contributed by atoms with van der Waals surface area (Å²) in [6.07, 6.45) is 11.9. The quantitative estimate of drug-likeness (QED) is 0.529. The van der Waals surface area contributed by atoms with Gasteiger partial charge in [-0.1, -0.05) is 45.4 Å². The fourth-order valence-electron chi connectivity index (χ4n) is 2.62. The molecule has 4 nitrogen and oxygen atoms in total. The summed E-state index contributed by atoms with van der Waals surface area (Å²) >= 11 is 0. The van der Waals surface area contributed by atoms with Gasteiger partial charge in [0.1, 0.15) is 11.9 Å². The Hall–Kier alpha value is -1.32. The average Bonchev–Trinajstić information content (AvgIpc) is 2.64. The largest absolute Gasteiger partial charge is 0.478 e. The van der Waals surface area contributed by atoms with Gasteiger partial charge in [-0.2, -0.15) is 0 Å². The maximum Gasteiger partial charge on any atom is 0.346 e. The molecular weight excluding hydrogens is 252 g/mol. The van der Waals surface area contributed by atoms with Crippen molar-refractivity contribution in [1.82, 2.24) is 4.57 Å². The molecule has 0 saturated carbocycles. The number of aliphatic carboxylic acids is 1. The summed E-state index contributed by atoms with van der Waals surface area (Å²) in [4.78, 5) is 10.9. The number of nitrogens with zero attached hydrogens (tertiary/aromatic N) is 2. The van der Waals surface area contributed by atoms with Gasteiger partial charge in [-0.25, -0.2) is 13.9 Å². The van der Waals surface area contributed by atoms with E-state index in [4.69, 9.17) is 5.11 Å². The number of aromatic nitrogens is 2. The summed E-state index contributed by atoms with van der Waals surface area (Å²) in [5, 5.41) is 8.95. The van der Waals surface area contributed by atoms with Crippen LogP contribution in [0.3, 0.4) is 0 Å². The van der Waals surface area contributed by atoms with Crippen molar-refractivity contribution in [2.45, 2.75) is 71.8 Å². The Morgan fingerprint density at radius 3 is 2.40 bits per heavy atom. The predicted molar refractivity (Wildman–Crippen MR) is 79.7 cm³/mol. The van der Waals surface area contributed by atoms with Crippen molar-refractivity contribution in [3.05, 3.63) is 17.7 Å². The van der Waals surface area contributed by atoms with Crippen LogP contribution in [0.2, 0.25) is 0 Å². The summed E-state index contributed by atoms with van der Waals surface area (Å²) in [5.41, 5.74) is 1.11. The molecule has 4 heteroatoms. The highest BCUT2D eigenvalue weighted by Gasteiger charge is 2.19. The minimum atomic E-state index is -0.776. The van der Waals surface area contributed by atoms with Gasteiger partial charge in [-0.3, -0.25) is 0 Å². The van der Waals surface area contributed by atoms with E-state index in [9.17, 15) is 4.79 Å². The van der Waals surface area contributed by atoms with Gasteiger partial charge < -0.3 is 5.11 Å². The smallest absolute Gasteiger partial charge is 0.346 e. The number of carbonyl (C=O) groups is 1. The average molecular weight is 281 g/mol. The molecule has 0 bridgehead atoms. The van der Waals surface area contributed by atoms with Gasteiger partial charge in [0.2, 0.25) is 0 Å². The predicted octanol–water partition coefficient (Wildman–Crippen LogP) is 3.00. The molecule has 0 unspecified atom stereocenters. The number of aryl methyl sites for hydroxylation is 1. The zero-order valence-corrected chi connectivity index (χ0v) is 13.2. The van der Waals surface area contributed by atoms with E-state index >= 15 is 0 Å². The van der Waals surface area contributed by atoms with E-state index in [1.54, 1.807) is 0 Å². The van der Waals surface area contributed by atoms with Crippen LogP contribution < -0.4 is 4.57 Å². The second-order valence-corrected chi connectivity index (χ2v) is 5.64. The Bertz CT molecular complexity index is 424. The molecule has 0 aliphatic heterocycles. The molecule has 0 aliphatic rings. The van der Waals surface area contributed by atoms with Crippen LogP contribution >= 0.6 is 0 Å². The molecule has 114 valence electrons. The van der Waals surface area contributed by atoms with Gasteiger partial charge in [0.05, 0.1) is 7.05 Å². The summed E-state index contributed by atoms with van der Waals surface area (Å²) in [7, 11) is 2.02. The number of hydrogen-bond donors (Lipinski definition) is 1. The molecule has 0 spiro atoms. The number of carboxylic acids is 1. The van der Waals surface area contributed by atoms with Crippen LogP contribution in [0.25, 0.3) is 0 Å². The Morgan fingerprint density at radius 1 is 1.20 bits per heavy atom. The number of hydrogen-bond acceptors (Lipinski definition) is 1. The van der Waals surface area contributed by atoms with E-state index in [1.165, 1.54) is 38.5 Å². The normalized spacial score (nSPS) is 10.9. The number of carboxylic acid groups (broad SMARTS) is 1. The van der Waals surface area contributed by atoms with Crippen LogP contribution in [-0.4, -0.2) is 15.6 Å². The first-order valence-corrected chi connectivity index (χ1v) is 7.82. The van der Waals surface area contributed by atoms with Gasteiger partial charge in [0.25, 0.3) is 5.82 Å². The van der Waals surface area contributed by atoms with Gasteiger partial charge in [0, 0.05) is 13.3 Å². The first-order chi connectivity index (χ1) is 9.56. The first kappa shape index (κ1) is 16.7. The summed E-state index contributed by atoms with van der Waals surface area (Å²) < 4.78 is 3.98. The summed E-state index contributed by atoms with van der Waals surface area (Å²) in [5.74, 6) is 0.347. The molecule has 0 amide bonds. The van der Waals surface area contributed by atoms with Gasteiger partial charge >= 0.3 is 5.97 Å². The molecule has 1 N–H and O–H groups in total. The number of rotatable bonds is 10. The molecule has 20 heavy (non-hydrogen) atoms. The zero-order chi connectivity index (χ0) is 15.0. The standard InChI is InChI=1S/C16H28N2O2/c1-4-5-6-7-8-9-10-11-15-17(3)14(2)12-18(15)13-16(19)20/h12H,4-11,13H2,1-3H3/p+1. The molecule has 1 aromatic rings. The van der Waals surface area contributed by atoms with Crippen LogP contribution in [0.5, 0.6) is 0 Å². The van der Waals surface area contributed by atoms with Gasteiger partial charge in [-0.05, 0) is 6.42 Å². The summed E-state index contributed by atoms with van der Waals surface area (Å²) in [6.45, 7) is 4.32. The third-order valence-corrected chi connectivity index (χ3v) is 3.90. The van der Waals surface area contributed by atoms with Gasteiger partial charge in [-0.15, -0.1) is 0 Å². The third kappa shape index (κ3) is 5.35. The molecule has 1 heterocycles. The molecule has 0 radical (unpaired) electrons. The van der Waals surface area contributed by atoms with E-state index < -0.39 is 5.97 Å². The Balaban J connectivity index is 2.40. The van der Waals surface area contributed by atoms with Crippen molar-refractivity contribution >= 4 is 5.97 Å². The molecule has 0 fully saturated rings. The van der Waals surface area contributed by atoms with E-state index in [2.05, 4.69) is 11.5 Å². The minimum absolute atomic E-state index is 0.0630. The molecular formula is C16H29N2O2+. The molecule has 1 rings (SSSR count). The van der Waals surface area contributed by atoms with Crippen molar-refractivity contribution in [3.8, 4) is 0 Å². The lowest BCUT2D eigenvalue weighted by Crippen LogP contribution is -2.40. The van der Waals surface area contributed by atoms with E-state index in [0.29, 0.717) is 0 Å². The van der Waals surface area contributed by atoms with E-state index in [0.717, 1.165) is 24.4 Å². The zero-order valence-electron chi connectivity index (χ0n) is 13.2. The maximum absolute atomic E-state index is 10.9. The number of unbranched alkanes of at least 4 members (excludes halogenated alkanes) is 6. The highest BCUT2D eigenvalue weighted by atomic mass is 16.4. The van der Waals surface area contributed by atoms with E-state index in [1.807, 2.05) is 24.7 Å². The van der Waals surface area contributed by atoms with Crippen molar-refractivity contribution in [2.75, 3.05) is 0 Å². The summed E-state index contributed by atoms with van der Waals surface area (Å²) in [6, 6.07) is 0. The number of imidazole rings is 1. The molecule has 0 aromatic carbocycles. The van der Waals surface area contributed by atoms with Crippen LogP contribution in [0, 0.1) is 6.92 Å². The minimum Gasteiger partial charge on any atom is -0.478 e. The highest BCUT2D eigenvalue weighted by Crippen LogP contribution is 2.10. The molecule has 1 aromatic heterocycles. The van der Waals surface area contributed by atoms with Crippen LogP contribution in [0.4, 0.5) is 0 Å². The SMILES string of the molecule is CCCCCCCCCc1n(C)c(C)c[n+]1CC(=O)O. The van der Waals surface area contributed by atoms with Gasteiger partial charge in [0.15, 0.2) is 6.54 Å². The molecule has 0 saturated heterocycles. The van der Waals surface area contributed by atoms with Crippen molar-refractivity contribution in [1.29, 1.82) is 0 Å². The molecule has 0 aliphatic carbocycles. The fourth-order valence-corrected chi connectivity index (χ4v) is 2.62. The maximum atomic E-state index is 10.9. The highest BCUT2D eigenvalue weighted by molar-refractivity contribution is 5.64. The lowest BCUT2D eigenvalue weighted by molar-refractivity contribution is -0.692. The Labute approximate surface area is 122 Å². The lowest BCUT2D eigenvalue weighted by Gasteiger charge is -2.02.